The maximum atomic E-state index is 14.7. The van der Waals surface area contributed by atoms with Gasteiger partial charge >= 0.3 is 11.9 Å². The molecular weight excluding hydrogens is 501 g/mol. The Labute approximate surface area is 205 Å². The van der Waals surface area contributed by atoms with Crippen molar-refractivity contribution < 1.29 is 37.0 Å². The van der Waals surface area contributed by atoms with Crippen LogP contribution in [0.4, 0.5) is 19.0 Å². The average Bonchev–Trinajstić information content (AvgIpc) is 3.16. The van der Waals surface area contributed by atoms with Gasteiger partial charge in [-0.15, -0.1) is 0 Å². The van der Waals surface area contributed by atoms with Gasteiger partial charge in [-0.1, -0.05) is 18.2 Å². The van der Waals surface area contributed by atoms with E-state index in [1.807, 2.05) is 5.32 Å². The fraction of sp³-hybridized carbons (Fsp3) is 0.217. The van der Waals surface area contributed by atoms with Crippen molar-refractivity contribution in [3.63, 3.8) is 0 Å². The van der Waals surface area contributed by atoms with Gasteiger partial charge < -0.3 is 24.8 Å². The van der Waals surface area contributed by atoms with Gasteiger partial charge in [-0.3, -0.25) is 19.4 Å². The highest BCUT2D eigenvalue weighted by Gasteiger charge is 2.68. The molecule has 1 aromatic heterocycles. The summed E-state index contributed by atoms with van der Waals surface area (Å²) in [5.74, 6) is -3.92. The molecular formula is C23H19F3N4O7. The lowest BCUT2D eigenvalue weighted by Gasteiger charge is -2.30. The molecule has 0 spiro atoms. The summed E-state index contributed by atoms with van der Waals surface area (Å²) >= 11 is 0. The number of ether oxygens (including phenoxy) is 3. The normalized spacial score (nSPS) is 16.5. The zero-order chi connectivity index (χ0) is 27.1. The first-order valence-corrected chi connectivity index (χ1v) is 10.5. The number of anilines is 1. The van der Waals surface area contributed by atoms with E-state index in [2.05, 4.69) is 0 Å². The van der Waals surface area contributed by atoms with Crippen molar-refractivity contribution in [2.24, 2.45) is 0 Å². The Morgan fingerprint density at radius 3 is 2.08 bits per heavy atom. The average molecular weight is 520 g/mol. The maximum absolute atomic E-state index is 14.7. The molecule has 1 aliphatic heterocycles. The van der Waals surface area contributed by atoms with Gasteiger partial charge in [0.2, 0.25) is 5.75 Å². The summed E-state index contributed by atoms with van der Waals surface area (Å²) in [4.78, 5) is 53.2. The van der Waals surface area contributed by atoms with E-state index in [0.29, 0.717) is 4.57 Å². The predicted molar refractivity (Wildman–Crippen MR) is 123 cm³/mol. The maximum Gasteiger partial charge on any atom is 0.425 e. The molecule has 0 bridgehead atoms. The molecule has 3 N–H and O–H groups in total. The fourth-order valence-corrected chi connectivity index (χ4v) is 4.06. The molecule has 0 saturated carbocycles. The molecule has 37 heavy (non-hydrogen) atoms. The molecule has 2 heterocycles. The molecule has 1 atom stereocenters. The number of fused-ring (bicyclic) bond motifs is 1. The summed E-state index contributed by atoms with van der Waals surface area (Å²) in [5, 5.41) is 3.63. The number of nitrogens with zero attached hydrogens (tertiary/aromatic N) is 1. The standard InChI is InChI=1S/C23H19F3N4O7/c1-35-13-9-11(10-14(36-2)16(13)37-3)18(31)29-22(23(24,25)26)15-17(27-20(22)33)30(21(34)28-19(15)32)12-7-5-4-6-8-12/h4-10H,1-3H3,(H,27,33)(H,29,31)(H,28,32,34)/t22-/m1/s1. The second-order valence-corrected chi connectivity index (χ2v) is 7.72. The van der Waals surface area contributed by atoms with Crippen molar-refractivity contribution >= 4 is 17.6 Å². The number of aromatic amines is 1. The number of aromatic nitrogens is 2. The molecule has 0 radical (unpaired) electrons. The Balaban J connectivity index is 1.94. The molecule has 0 aliphatic carbocycles. The Kier molecular flexibility index (Phi) is 6.19. The molecule has 0 unspecified atom stereocenters. The number of H-pyrrole nitrogens is 1. The van der Waals surface area contributed by atoms with E-state index in [1.165, 1.54) is 45.6 Å². The summed E-state index contributed by atoms with van der Waals surface area (Å²) < 4.78 is 60.1. The molecule has 11 nitrogen and oxygen atoms in total. The number of alkyl halides is 3. The third-order valence-corrected chi connectivity index (χ3v) is 5.73. The summed E-state index contributed by atoms with van der Waals surface area (Å²) in [6.45, 7) is 0. The SMILES string of the molecule is COc1cc(C(=O)N[C@@]2(C(F)(F)F)C(=O)Nc3c2c(=O)[nH]c(=O)n3-c2ccccc2)cc(OC)c1OC. The first-order chi connectivity index (χ1) is 17.5. The van der Waals surface area contributed by atoms with Gasteiger partial charge in [0.1, 0.15) is 11.4 Å². The van der Waals surface area contributed by atoms with Crippen LogP contribution in [0.15, 0.2) is 52.1 Å². The molecule has 0 saturated heterocycles. The predicted octanol–water partition coefficient (Wildman–Crippen LogP) is 1.69. The summed E-state index contributed by atoms with van der Waals surface area (Å²) in [6, 6.07) is 9.50. The van der Waals surface area contributed by atoms with Gasteiger partial charge in [0.05, 0.1) is 27.0 Å². The van der Waals surface area contributed by atoms with Gasteiger partial charge in [-0.05, 0) is 24.3 Å². The summed E-state index contributed by atoms with van der Waals surface area (Å²) in [5.41, 5.74) is -7.97. The minimum Gasteiger partial charge on any atom is -0.493 e. The van der Waals surface area contributed by atoms with E-state index in [1.54, 1.807) is 16.4 Å². The summed E-state index contributed by atoms with van der Waals surface area (Å²) in [6.07, 6.45) is -5.51. The highest BCUT2D eigenvalue weighted by atomic mass is 19.4. The first kappa shape index (κ1) is 25.3. The van der Waals surface area contributed by atoms with Crippen LogP contribution >= 0.6 is 0 Å². The molecule has 1 aliphatic rings. The highest BCUT2D eigenvalue weighted by Crippen LogP contribution is 2.46. The highest BCUT2D eigenvalue weighted by molar-refractivity contribution is 6.09. The minimum absolute atomic E-state index is 0.0416. The van der Waals surface area contributed by atoms with E-state index in [9.17, 15) is 32.3 Å². The van der Waals surface area contributed by atoms with Crippen LogP contribution in [-0.2, 0) is 10.3 Å². The van der Waals surface area contributed by atoms with Gasteiger partial charge in [0.15, 0.2) is 11.5 Å². The third-order valence-electron chi connectivity index (χ3n) is 5.73. The minimum atomic E-state index is -5.51. The zero-order valence-corrected chi connectivity index (χ0v) is 19.5. The number of benzene rings is 2. The van der Waals surface area contributed by atoms with Crippen LogP contribution < -0.4 is 36.1 Å². The van der Waals surface area contributed by atoms with Crippen LogP contribution in [0.1, 0.15) is 15.9 Å². The van der Waals surface area contributed by atoms with E-state index in [0.717, 1.165) is 12.1 Å². The van der Waals surface area contributed by atoms with Crippen molar-refractivity contribution in [2.75, 3.05) is 26.6 Å². The van der Waals surface area contributed by atoms with Crippen LogP contribution in [-0.4, -0.2) is 48.9 Å². The van der Waals surface area contributed by atoms with Crippen LogP contribution in [0, 0.1) is 0 Å². The van der Waals surface area contributed by atoms with Crippen LogP contribution in [0.25, 0.3) is 5.69 Å². The molecule has 2 aromatic carbocycles. The molecule has 4 rings (SSSR count). The van der Waals surface area contributed by atoms with Crippen molar-refractivity contribution in [1.29, 1.82) is 0 Å². The first-order valence-electron chi connectivity index (χ1n) is 10.5. The van der Waals surface area contributed by atoms with Gasteiger partial charge in [-0.2, -0.15) is 13.2 Å². The van der Waals surface area contributed by atoms with E-state index in [-0.39, 0.29) is 22.9 Å². The Hall–Kier alpha value is -4.75. The third kappa shape index (κ3) is 3.86. The number of rotatable bonds is 6. The molecule has 2 amide bonds. The Morgan fingerprint density at radius 2 is 1.57 bits per heavy atom. The van der Waals surface area contributed by atoms with E-state index in [4.69, 9.17) is 14.2 Å². The molecule has 14 heteroatoms. The van der Waals surface area contributed by atoms with Crippen LogP contribution in [0.2, 0.25) is 0 Å². The lowest BCUT2D eigenvalue weighted by Crippen LogP contribution is -2.62. The van der Waals surface area contributed by atoms with Crippen molar-refractivity contribution in [3.8, 4) is 22.9 Å². The zero-order valence-electron chi connectivity index (χ0n) is 19.5. The number of amides is 2. The number of hydrogen-bond donors (Lipinski definition) is 3. The number of hydrogen-bond acceptors (Lipinski definition) is 7. The van der Waals surface area contributed by atoms with E-state index < -0.39 is 51.7 Å². The van der Waals surface area contributed by atoms with Crippen LogP contribution in [0.5, 0.6) is 17.2 Å². The number of para-hydroxylation sites is 1. The molecule has 194 valence electrons. The molecule has 3 aromatic rings. The topological polar surface area (TPSA) is 141 Å². The Bertz CT molecular complexity index is 1490. The second kappa shape index (κ2) is 9.04. The number of carbonyl (C=O) groups is 2. The smallest absolute Gasteiger partial charge is 0.425 e. The fourth-order valence-electron chi connectivity index (χ4n) is 4.06. The number of carbonyl (C=O) groups excluding carboxylic acids is 2. The van der Waals surface area contributed by atoms with Crippen molar-refractivity contribution in [1.82, 2.24) is 14.9 Å². The Morgan fingerprint density at radius 1 is 0.973 bits per heavy atom. The quantitative estimate of drug-likeness (QED) is 0.449. The lowest BCUT2D eigenvalue weighted by molar-refractivity contribution is -0.196. The van der Waals surface area contributed by atoms with Crippen molar-refractivity contribution in [3.05, 3.63) is 74.4 Å². The van der Waals surface area contributed by atoms with Gasteiger partial charge in [-0.25, -0.2) is 9.36 Å². The summed E-state index contributed by atoms with van der Waals surface area (Å²) in [7, 11) is 3.76. The monoisotopic (exact) mass is 520 g/mol. The second-order valence-electron chi connectivity index (χ2n) is 7.72. The van der Waals surface area contributed by atoms with E-state index >= 15 is 0 Å². The van der Waals surface area contributed by atoms with Crippen LogP contribution in [0.3, 0.4) is 0 Å². The number of methoxy groups -OCH3 is 3. The lowest BCUT2D eigenvalue weighted by atomic mass is 9.91. The van der Waals surface area contributed by atoms with Gasteiger partial charge in [0.25, 0.3) is 22.9 Å². The molecule has 0 fully saturated rings. The number of nitrogens with one attached hydrogen (secondary N) is 3. The number of halogens is 3. The van der Waals surface area contributed by atoms with Gasteiger partial charge in [0, 0.05) is 5.56 Å². The largest absolute Gasteiger partial charge is 0.493 e. The van der Waals surface area contributed by atoms with Crippen molar-refractivity contribution in [2.45, 2.75) is 11.7 Å².